The van der Waals surface area contributed by atoms with Gasteiger partial charge in [0.05, 0.1) is 0 Å². The van der Waals surface area contributed by atoms with E-state index in [4.69, 9.17) is 9.15 Å². The van der Waals surface area contributed by atoms with Crippen molar-refractivity contribution in [3.63, 3.8) is 0 Å². The van der Waals surface area contributed by atoms with Crippen molar-refractivity contribution in [1.82, 2.24) is 10.2 Å². The molecular formula is C22H19N3O3. The molecule has 6 nitrogen and oxygen atoms in total. The fraction of sp³-hybridized carbons (Fsp3) is 0.136. The van der Waals surface area contributed by atoms with Crippen molar-refractivity contribution in [2.75, 3.05) is 11.9 Å². The second-order valence-electron chi connectivity index (χ2n) is 6.24. The summed E-state index contributed by atoms with van der Waals surface area (Å²) in [6.45, 7) is 1.88. The molecule has 3 aromatic carbocycles. The highest BCUT2D eigenvalue weighted by Gasteiger charge is 2.09. The zero-order valence-electron chi connectivity index (χ0n) is 15.4. The Morgan fingerprint density at radius 2 is 1.79 bits per heavy atom. The smallest absolute Gasteiger partial charge is 0.262 e. The van der Waals surface area contributed by atoms with Crippen LogP contribution in [0.15, 0.2) is 71.1 Å². The molecule has 0 aliphatic rings. The van der Waals surface area contributed by atoms with E-state index < -0.39 is 0 Å². The van der Waals surface area contributed by atoms with E-state index in [0.29, 0.717) is 24.0 Å². The SMILES string of the molecule is CCc1nnc(-c2ccc(OCC(=O)Nc3cccc4ccccc34)cc2)o1. The number of nitrogens with zero attached hydrogens (tertiary/aromatic N) is 2. The molecule has 1 aromatic heterocycles. The van der Waals surface area contributed by atoms with Gasteiger partial charge in [0.1, 0.15) is 5.75 Å². The molecule has 4 aromatic rings. The highest BCUT2D eigenvalue weighted by molar-refractivity contribution is 6.02. The summed E-state index contributed by atoms with van der Waals surface area (Å²) in [4.78, 5) is 12.3. The van der Waals surface area contributed by atoms with Crippen LogP contribution in [0.5, 0.6) is 5.75 Å². The van der Waals surface area contributed by atoms with Gasteiger partial charge in [-0.1, -0.05) is 43.3 Å². The summed E-state index contributed by atoms with van der Waals surface area (Å²) < 4.78 is 11.1. The Balaban J connectivity index is 1.38. The fourth-order valence-electron chi connectivity index (χ4n) is 2.88. The number of amides is 1. The Labute approximate surface area is 162 Å². The first-order valence-corrected chi connectivity index (χ1v) is 9.06. The van der Waals surface area contributed by atoms with Crippen LogP contribution in [0.4, 0.5) is 5.69 Å². The summed E-state index contributed by atoms with van der Waals surface area (Å²) in [7, 11) is 0. The van der Waals surface area contributed by atoms with Crippen molar-refractivity contribution in [2.45, 2.75) is 13.3 Å². The summed E-state index contributed by atoms with van der Waals surface area (Å²) >= 11 is 0. The van der Waals surface area contributed by atoms with E-state index in [2.05, 4.69) is 15.5 Å². The van der Waals surface area contributed by atoms with Gasteiger partial charge < -0.3 is 14.5 Å². The summed E-state index contributed by atoms with van der Waals surface area (Å²) in [5.74, 6) is 1.44. The number of ether oxygens (including phenoxy) is 1. The molecule has 4 rings (SSSR count). The van der Waals surface area contributed by atoms with Crippen LogP contribution >= 0.6 is 0 Å². The van der Waals surface area contributed by atoms with Gasteiger partial charge in [-0.2, -0.15) is 0 Å². The van der Waals surface area contributed by atoms with E-state index in [1.165, 1.54) is 0 Å². The van der Waals surface area contributed by atoms with Gasteiger partial charge in [0.2, 0.25) is 11.8 Å². The first-order valence-electron chi connectivity index (χ1n) is 9.06. The number of hydrogen-bond acceptors (Lipinski definition) is 5. The van der Waals surface area contributed by atoms with Gasteiger partial charge >= 0.3 is 0 Å². The third kappa shape index (κ3) is 3.86. The topological polar surface area (TPSA) is 77.2 Å². The molecule has 28 heavy (non-hydrogen) atoms. The molecule has 0 spiro atoms. The molecule has 0 fully saturated rings. The minimum absolute atomic E-state index is 0.0802. The van der Waals surface area contributed by atoms with E-state index in [0.717, 1.165) is 22.0 Å². The fourth-order valence-corrected chi connectivity index (χ4v) is 2.88. The molecule has 0 aliphatic heterocycles. The average molecular weight is 373 g/mol. The monoisotopic (exact) mass is 373 g/mol. The summed E-state index contributed by atoms with van der Waals surface area (Å²) in [6, 6.07) is 20.9. The van der Waals surface area contributed by atoms with Crippen LogP contribution in [0, 0.1) is 0 Å². The van der Waals surface area contributed by atoms with Crippen LogP contribution in [0.25, 0.3) is 22.2 Å². The maximum absolute atomic E-state index is 12.3. The molecule has 0 unspecified atom stereocenters. The zero-order valence-corrected chi connectivity index (χ0v) is 15.4. The maximum Gasteiger partial charge on any atom is 0.262 e. The number of rotatable bonds is 6. The molecule has 1 N–H and O–H groups in total. The van der Waals surface area contributed by atoms with Crippen LogP contribution in [0.2, 0.25) is 0 Å². The average Bonchev–Trinajstić information content (AvgIpc) is 3.22. The highest BCUT2D eigenvalue weighted by atomic mass is 16.5. The zero-order chi connectivity index (χ0) is 19.3. The second-order valence-corrected chi connectivity index (χ2v) is 6.24. The van der Waals surface area contributed by atoms with Crippen LogP contribution in [0.3, 0.4) is 0 Å². The van der Waals surface area contributed by atoms with Crippen molar-refractivity contribution in [3.8, 4) is 17.2 Å². The summed E-state index contributed by atoms with van der Waals surface area (Å²) in [5.41, 5.74) is 1.57. The largest absolute Gasteiger partial charge is 0.484 e. The number of aromatic nitrogens is 2. The molecule has 0 bridgehead atoms. The van der Waals surface area contributed by atoms with Gasteiger partial charge in [-0.3, -0.25) is 4.79 Å². The number of carbonyl (C=O) groups is 1. The molecule has 0 saturated heterocycles. The van der Waals surface area contributed by atoms with Crippen molar-refractivity contribution in [3.05, 3.63) is 72.6 Å². The molecule has 0 radical (unpaired) electrons. The number of carbonyl (C=O) groups excluding carboxylic acids is 1. The Kier molecular flexibility index (Phi) is 5.01. The first kappa shape index (κ1) is 17.7. The lowest BCUT2D eigenvalue weighted by molar-refractivity contribution is -0.118. The standard InChI is InChI=1S/C22H19N3O3/c1-2-21-24-25-22(28-21)16-10-12-17(13-11-16)27-14-20(26)23-19-9-5-7-15-6-3-4-8-18(15)19/h3-13H,2,14H2,1H3,(H,23,26). The lowest BCUT2D eigenvalue weighted by Crippen LogP contribution is -2.20. The maximum atomic E-state index is 12.3. The molecule has 1 amide bonds. The predicted molar refractivity (Wildman–Crippen MR) is 107 cm³/mol. The molecule has 140 valence electrons. The molecule has 0 saturated carbocycles. The minimum atomic E-state index is -0.218. The Morgan fingerprint density at radius 3 is 2.57 bits per heavy atom. The Morgan fingerprint density at radius 1 is 1.00 bits per heavy atom. The molecule has 1 heterocycles. The van der Waals surface area contributed by atoms with E-state index in [-0.39, 0.29) is 12.5 Å². The molecule has 6 heteroatoms. The third-order valence-corrected chi connectivity index (χ3v) is 4.30. The van der Waals surface area contributed by atoms with Crippen LogP contribution in [-0.4, -0.2) is 22.7 Å². The van der Waals surface area contributed by atoms with Crippen LogP contribution in [0.1, 0.15) is 12.8 Å². The van der Waals surface area contributed by atoms with E-state index >= 15 is 0 Å². The number of fused-ring (bicyclic) bond motifs is 1. The van der Waals surface area contributed by atoms with Crippen molar-refractivity contribution < 1.29 is 13.9 Å². The predicted octanol–water partition coefficient (Wildman–Crippen LogP) is 4.47. The first-order chi connectivity index (χ1) is 13.7. The van der Waals surface area contributed by atoms with Crippen molar-refractivity contribution >= 4 is 22.4 Å². The minimum Gasteiger partial charge on any atom is -0.484 e. The summed E-state index contributed by atoms with van der Waals surface area (Å²) in [5, 5.41) is 12.9. The summed E-state index contributed by atoms with van der Waals surface area (Å²) in [6.07, 6.45) is 0.694. The highest BCUT2D eigenvalue weighted by Crippen LogP contribution is 2.23. The van der Waals surface area contributed by atoms with Crippen molar-refractivity contribution in [1.29, 1.82) is 0 Å². The van der Waals surface area contributed by atoms with Gasteiger partial charge in [-0.15, -0.1) is 10.2 Å². The van der Waals surface area contributed by atoms with Gasteiger partial charge in [0.25, 0.3) is 5.91 Å². The Bertz CT molecular complexity index is 1100. The number of anilines is 1. The number of hydrogen-bond donors (Lipinski definition) is 1. The lowest BCUT2D eigenvalue weighted by Gasteiger charge is -2.10. The second kappa shape index (κ2) is 7.92. The number of aryl methyl sites for hydroxylation is 1. The molecule has 0 aliphatic carbocycles. The van der Waals surface area contributed by atoms with E-state index in [9.17, 15) is 4.79 Å². The van der Waals surface area contributed by atoms with E-state index in [1.807, 2.05) is 61.5 Å². The van der Waals surface area contributed by atoms with Gasteiger partial charge in [0.15, 0.2) is 6.61 Å². The number of nitrogens with one attached hydrogen (secondary N) is 1. The molecular weight excluding hydrogens is 354 g/mol. The van der Waals surface area contributed by atoms with Crippen LogP contribution < -0.4 is 10.1 Å². The van der Waals surface area contributed by atoms with Gasteiger partial charge in [-0.25, -0.2) is 0 Å². The normalized spacial score (nSPS) is 10.8. The van der Waals surface area contributed by atoms with Crippen LogP contribution in [-0.2, 0) is 11.2 Å². The van der Waals surface area contributed by atoms with Gasteiger partial charge in [-0.05, 0) is 35.7 Å². The van der Waals surface area contributed by atoms with E-state index in [1.54, 1.807) is 12.1 Å². The quantitative estimate of drug-likeness (QED) is 0.540. The third-order valence-electron chi connectivity index (χ3n) is 4.30. The molecule has 0 atom stereocenters. The lowest BCUT2D eigenvalue weighted by atomic mass is 10.1. The van der Waals surface area contributed by atoms with Gasteiger partial charge in [0, 0.05) is 23.1 Å². The van der Waals surface area contributed by atoms with Crippen molar-refractivity contribution in [2.24, 2.45) is 0 Å². The Hall–Kier alpha value is -3.67. The number of benzene rings is 3.